The summed E-state index contributed by atoms with van der Waals surface area (Å²) in [5.41, 5.74) is 2.59. The van der Waals surface area contributed by atoms with Gasteiger partial charge in [-0.2, -0.15) is 5.10 Å². The van der Waals surface area contributed by atoms with Gasteiger partial charge in [-0.3, -0.25) is 4.98 Å². The van der Waals surface area contributed by atoms with Gasteiger partial charge in [0, 0.05) is 12.4 Å². The summed E-state index contributed by atoms with van der Waals surface area (Å²) < 4.78 is 1.72. The van der Waals surface area contributed by atoms with Gasteiger partial charge < -0.3 is 5.11 Å². The highest BCUT2D eigenvalue weighted by Gasteiger charge is 2.21. The standard InChI is InChI=1S/C14H14ClN5O/c1-8(10-4-3-5-16-6-10)20-14-13(12(19-20)9(2)21)17-7-11(15)18-14/h3-9,21H,1-2H3/t8-,9?/m0/s1. The van der Waals surface area contributed by atoms with Crippen molar-refractivity contribution in [2.45, 2.75) is 26.0 Å². The first-order valence-corrected chi connectivity index (χ1v) is 6.94. The van der Waals surface area contributed by atoms with Crippen molar-refractivity contribution in [3.8, 4) is 0 Å². The normalized spacial score (nSPS) is 14.3. The van der Waals surface area contributed by atoms with Crippen LogP contribution >= 0.6 is 11.6 Å². The van der Waals surface area contributed by atoms with Crippen LogP contribution in [-0.4, -0.2) is 29.8 Å². The molecule has 3 heterocycles. The van der Waals surface area contributed by atoms with Crippen LogP contribution < -0.4 is 0 Å². The quantitative estimate of drug-likeness (QED) is 0.804. The van der Waals surface area contributed by atoms with E-state index in [2.05, 4.69) is 20.1 Å². The first kappa shape index (κ1) is 13.9. The number of aliphatic hydroxyl groups is 1. The van der Waals surface area contributed by atoms with Gasteiger partial charge in [0.1, 0.15) is 16.4 Å². The molecule has 7 heteroatoms. The number of aliphatic hydroxyl groups excluding tert-OH is 1. The van der Waals surface area contributed by atoms with Gasteiger partial charge in [0.05, 0.1) is 18.3 Å². The Hall–Kier alpha value is -2.05. The van der Waals surface area contributed by atoms with E-state index in [1.165, 1.54) is 6.20 Å². The topological polar surface area (TPSA) is 76.7 Å². The molecule has 0 radical (unpaired) electrons. The molecule has 0 amide bonds. The molecule has 108 valence electrons. The highest BCUT2D eigenvalue weighted by molar-refractivity contribution is 6.29. The predicted molar refractivity (Wildman–Crippen MR) is 79.0 cm³/mol. The van der Waals surface area contributed by atoms with Gasteiger partial charge in [-0.15, -0.1) is 0 Å². The van der Waals surface area contributed by atoms with E-state index in [9.17, 15) is 5.11 Å². The lowest BCUT2D eigenvalue weighted by Gasteiger charge is -2.12. The molecule has 6 nitrogen and oxygen atoms in total. The Morgan fingerprint density at radius 3 is 2.76 bits per heavy atom. The Morgan fingerprint density at radius 1 is 1.29 bits per heavy atom. The fourth-order valence-corrected chi connectivity index (χ4v) is 2.35. The first-order valence-electron chi connectivity index (χ1n) is 6.56. The number of hydrogen-bond acceptors (Lipinski definition) is 5. The smallest absolute Gasteiger partial charge is 0.179 e. The Kier molecular flexibility index (Phi) is 3.57. The van der Waals surface area contributed by atoms with Crippen LogP contribution in [0.15, 0.2) is 30.7 Å². The second kappa shape index (κ2) is 5.38. The summed E-state index contributed by atoms with van der Waals surface area (Å²) in [6.45, 7) is 3.63. The monoisotopic (exact) mass is 303 g/mol. The van der Waals surface area contributed by atoms with Crippen LogP contribution in [0, 0.1) is 0 Å². The van der Waals surface area contributed by atoms with Crippen LogP contribution in [0.1, 0.15) is 37.3 Å². The summed E-state index contributed by atoms with van der Waals surface area (Å²) >= 11 is 5.94. The zero-order valence-corrected chi connectivity index (χ0v) is 12.4. The van der Waals surface area contributed by atoms with Crippen molar-refractivity contribution in [3.63, 3.8) is 0 Å². The van der Waals surface area contributed by atoms with Crippen LogP contribution in [-0.2, 0) is 0 Å². The maximum absolute atomic E-state index is 9.87. The van der Waals surface area contributed by atoms with Crippen molar-refractivity contribution in [1.82, 2.24) is 24.7 Å². The second-order valence-corrected chi connectivity index (χ2v) is 5.22. The number of halogens is 1. The zero-order chi connectivity index (χ0) is 15.0. The number of rotatable bonds is 3. The van der Waals surface area contributed by atoms with E-state index >= 15 is 0 Å². The molecule has 0 saturated carbocycles. The van der Waals surface area contributed by atoms with Crippen LogP contribution in [0.5, 0.6) is 0 Å². The van der Waals surface area contributed by atoms with Gasteiger partial charge in [0.15, 0.2) is 5.65 Å². The van der Waals surface area contributed by atoms with E-state index in [1.807, 2.05) is 19.1 Å². The molecule has 3 rings (SSSR count). The number of nitrogens with zero attached hydrogens (tertiary/aromatic N) is 5. The van der Waals surface area contributed by atoms with E-state index in [-0.39, 0.29) is 6.04 Å². The Balaban J connectivity index is 2.20. The van der Waals surface area contributed by atoms with Crippen molar-refractivity contribution in [1.29, 1.82) is 0 Å². The fourth-order valence-electron chi connectivity index (χ4n) is 2.23. The van der Waals surface area contributed by atoms with Gasteiger partial charge in [-0.05, 0) is 25.5 Å². The van der Waals surface area contributed by atoms with Crippen molar-refractivity contribution in [2.24, 2.45) is 0 Å². The highest BCUT2D eigenvalue weighted by Crippen LogP contribution is 2.26. The number of hydrogen-bond donors (Lipinski definition) is 1. The van der Waals surface area contributed by atoms with E-state index < -0.39 is 6.10 Å². The molecule has 1 unspecified atom stereocenters. The Labute approximate surface area is 126 Å². The summed E-state index contributed by atoms with van der Waals surface area (Å²) in [5.74, 6) is 0. The molecule has 3 aromatic rings. The van der Waals surface area contributed by atoms with E-state index in [1.54, 1.807) is 24.0 Å². The highest BCUT2D eigenvalue weighted by atomic mass is 35.5. The minimum absolute atomic E-state index is 0.0959. The molecule has 0 spiro atoms. The maximum atomic E-state index is 9.87. The van der Waals surface area contributed by atoms with Crippen molar-refractivity contribution in [3.05, 3.63) is 47.1 Å². The summed E-state index contributed by atoms with van der Waals surface area (Å²) in [7, 11) is 0. The third-order valence-electron chi connectivity index (χ3n) is 3.33. The molecular formula is C14H14ClN5O. The summed E-state index contributed by atoms with van der Waals surface area (Å²) in [6.07, 6.45) is 4.22. The van der Waals surface area contributed by atoms with E-state index in [4.69, 9.17) is 11.6 Å². The molecule has 0 aliphatic carbocycles. The summed E-state index contributed by atoms with van der Waals surface area (Å²) in [4.78, 5) is 12.7. The summed E-state index contributed by atoms with van der Waals surface area (Å²) in [6, 6.07) is 3.73. The van der Waals surface area contributed by atoms with Crippen LogP contribution in [0.2, 0.25) is 5.15 Å². The van der Waals surface area contributed by atoms with Crippen LogP contribution in [0.4, 0.5) is 0 Å². The lowest BCUT2D eigenvalue weighted by atomic mass is 10.1. The average molecular weight is 304 g/mol. The second-order valence-electron chi connectivity index (χ2n) is 4.83. The molecule has 0 bridgehead atoms. The molecular weight excluding hydrogens is 290 g/mol. The summed E-state index contributed by atoms with van der Waals surface area (Å²) in [5, 5.41) is 14.6. The molecule has 0 fully saturated rings. The lowest BCUT2D eigenvalue weighted by Crippen LogP contribution is -2.10. The van der Waals surface area contributed by atoms with Crippen molar-refractivity contribution < 1.29 is 5.11 Å². The van der Waals surface area contributed by atoms with Crippen molar-refractivity contribution >= 4 is 22.8 Å². The van der Waals surface area contributed by atoms with Crippen LogP contribution in [0.25, 0.3) is 11.2 Å². The molecule has 0 saturated heterocycles. The first-order chi connectivity index (χ1) is 10.1. The molecule has 0 aliphatic heterocycles. The number of aromatic nitrogens is 5. The SMILES string of the molecule is CC(O)c1nn([C@@H](C)c2cccnc2)c2nc(Cl)cnc12. The molecule has 0 aliphatic rings. The Bertz CT molecular complexity index is 772. The van der Waals surface area contributed by atoms with Gasteiger partial charge in [-0.25, -0.2) is 14.6 Å². The average Bonchev–Trinajstić information content (AvgIpc) is 2.86. The van der Waals surface area contributed by atoms with Gasteiger partial charge in [0.25, 0.3) is 0 Å². The van der Waals surface area contributed by atoms with Gasteiger partial charge >= 0.3 is 0 Å². The molecule has 1 N–H and O–H groups in total. The minimum Gasteiger partial charge on any atom is -0.387 e. The van der Waals surface area contributed by atoms with Gasteiger partial charge in [0.2, 0.25) is 0 Å². The van der Waals surface area contributed by atoms with Gasteiger partial charge in [-0.1, -0.05) is 17.7 Å². The third-order valence-corrected chi connectivity index (χ3v) is 3.51. The largest absolute Gasteiger partial charge is 0.387 e. The number of pyridine rings is 1. The minimum atomic E-state index is -0.731. The zero-order valence-electron chi connectivity index (χ0n) is 11.6. The molecule has 21 heavy (non-hydrogen) atoms. The predicted octanol–water partition coefficient (Wildman–Crippen LogP) is 2.54. The maximum Gasteiger partial charge on any atom is 0.179 e. The fraction of sp³-hybridized carbons (Fsp3) is 0.286. The molecule has 0 aromatic carbocycles. The molecule has 3 aromatic heterocycles. The van der Waals surface area contributed by atoms with Crippen LogP contribution in [0.3, 0.4) is 0 Å². The molecule has 2 atom stereocenters. The van der Waals surface area contributed by atoms with E-state index in [0.29, 0.717) is 22.0 Å². The van der Waals surface area contributed by atoms with Crippen molar-refractivity contribution in [2.75, 3.05) is 0 Å². The lowest BCUT2D eigenvalue weighted by molar-refractivity contribution is 0.194. The van der Waals surface area contributed by atoms with E-state index in [0.717, 1.165) is 5.56 Å². The third kappa shape index (κ3) is 2.48. The Morgan fingerprint density at radius 2 is 2.10 bits per heavy atom. The number of fused-ring (bicyclic) bond motifs is 1.